The molecule has 0 radical (unpaired) electrons. The summed E-state index contributed by atoms with van der Waals surface area (Å²) in [6.45, 7) is 12.3. The van der Waals surface area contributed by atoms with Crippen molar-refractivity contribution >= 4 is 0 Å². The molecule has 0 aliphatic carbocycles. The molecule has 0 bridgehead atoms. The van der Waals surface area contributed by atoms with Gasteiger partial charge in [0.2, 0.25) is 0 Å². The lowest BCUT2D eigenvalue weighted by atomic mass is 10.2. The number of halogens is 1. The molecule has 2 heterocycles. The summed E-state index contributed by atoms with van der Waals surface area (Å²) in [6, 6.07) is 1.08. The lowest BCUT2D eigenvalue weighted by Crippen LogP contribution is -2.36. The number of alkyl halides is 1. The van der Waals surface area contributed by atoms with Gasteiger partial charge in [-0.15, -0.1) is 0 Å². The second-order valence-electron chi connectivity index (χ2n) is 6.69. The zero-order valence-corrected chi connectivity index (χ0v) is 14.6. The van der Waals surface area contributed by atoms with Gasteiger partial charge in [-0.2, -0.15) is 0 Å². The lowest BCUT2D eigenvalue weighted by Gasteiger charge is -2.25. The summed E-state index contributed by atoms with van der Waals surface area (Å²) in [5, 5.41) is 9.38. The van der Waals surface area contributed by atoms with Gasteiger partial charge < -0.3 is 5.11 Å². The molecule has 3 nitrogen and oxygen atoms in total. The first-order valence-electron chi connectivity index (χ1n) is 8.53. The zero-order valence-electron chi connectivity index (χ0n) is 14.6. The summed E-state index contributed by atoms with van der Waals surface area (Å²) in [7, 11) is 0. The molecular weight excluding hydrogens is 279 g/mol. The molecule has 1 N–H and O–H groups in total. The van der Waals surface area contributed by atoms with E-state index >= 15 is 0 Å². The van der Waals surface area contributed by atoms with E-state index in [1.807, 2.05) is 12.2 Å². The van der Waals surface area contributed by atoms with Crippen LogP contribution in [-0.4, -0.2) is 65.4 Å². The molecule has 0 saturated heterocycles. The number of rotatable bonds is 2. The number of aliphatic hydroxyl groups is 1. The Bertz CT molecular complexity index is 355. The predicted molar refractivity (Wildman–Crippen MR) is 91.8 cm³/mol. The quantitative estimate of drug-likeness (QED) is 0.794. The standard InChI is InChI=1S/C9H16FN.C9H17NO/c1-8(2)11-6-3-4-9(10)5-7-11;1-8(2)10-6-4-3-5-9(11)7-10/h3-4,8-9H,5-7H2,1-2H3;3,5,8-9,11H,4,6-7H2,1-2H3. The number of hydrogen-bond acceptors (Lipinski definition) is 3. The number of hydrogen-bond donors (Lipinski definition) is 1. The molecule has 0 amide bonds. The normalized spacial score (nSPS) is 27.5. The van der Waals surface area contributed by atoms with E-state index in [9.17, 15) is 9.50 Å². The van der Waals surface area contributed by atoms with E-state index in [1.54, 1.807) is 6.08 Å². The maximum atomic E-state index is 12.8. The van der Waals surface area contributed by atoms with Gasteiger partial charge in [0.05, 0.1) is 6.10 Å². The lowest BCUT2D eigenvalue weighted by molar-refractivity contribution is 0.132. The van der Waals surface area contributed by atoms with Crippen LogP contribution in [0, 0.1) is 0 Å². The average molecular weight is 312 g/mol. The largest absolute Gasteiger partial charge is 0.388 e. The van der Waals surface area contributed by atoms with Crippen LogP contribution < -0.4 is 0 Å². The molecule has 0 fully saturated rings. The highest BCUT2D eigenvalue weighted by atomic mass is 19.1. The van der Waals surface area contributed by atoms with Crippen LogP contribution in [-0.2, 0) is 0 Å². The first-order chi connectivity index (χ1) is 10.4. The van der Waals surface area contributed by atoms with Crippen molar-refractivity contribution in [2.75, 3.05) is 26.2 Å². The van der Waals surface area contributed by atoms with Crippen LogP contribution in [0.5, 0.6) is 0 Å². The van der Waals surface area contributed by atoms with Crippen LogP contribution in [0.4, 0.5) is 4.39 Å². The molecule has 2 atom stereocenters. The van der Waals surface area contributed by atoms with Crippen LogP contribution in [0.15, 0.2) is 24.3 Å². The van der Waals surface area contributed by atoms with Crippen molar-refractivity contribution in [2.24, 2.45) is 0 Å². The third-order valence-corrected chi connectivity index (χ3v) is 4.20. The van der Waals surface area contributed by atoms with Crippen molar-refractivity contribution in [3.8, 4) is 0 Å². The van der Waals surface area contributed by atoms with Crippen LogP contribution in [0.25, 0.3) is 0 Å². The summed E-state index contributed by atoms with van der Waals surface area (Å²) in [5.74, 6) is 0. The fraction of sp³-hybridized carbons (Fsp3) is 0.778. The van der Waals surface area contributed by atoms with Crippen LogP contribution in [0.3, 0.4) is 0 Å². The van der Waals surface area contributed by atoms with Gasteiger partial charge in [-0.3, -0.25) is 9.80 Å². The summed E-state index contributed by atoms with van der Waals surface area (Å²) in [6.07, 6.45) is 8.28. The Hall–Kier alpha value is -0.710. The molecule has 0 saturated carbocycles. The van der Waals surface area contributed by atoms with Gasteiger partial charge >= 0.3 is 0 Å². The van der Waals surface area contributed by atoms with Gasteiger partial charge in [-0.25, -0.2) is 4.39 Å². The zero-order chi connectivity index (χ0) is 16.5. The Morgan fingerprint density at radius 3 is 2.32 bits per heavy atom. The molecule has 128 valence electrons. The SMILES string of the molecule is CC(C)N1CC=CC(F)CC1.CC(C)N1CCC=CC(O)C1. The molecule has 0 aromatic heterocycles. The van der Waals surface area contributed by atoms with Crippen molar-refractivity contribution in [3.63, 3.8) is 0 Å². The van der Waals surface area contributed by atoms with Crippen molar-refractivity contribution in [2.45, 2.75) is 64.9 Å². The topological polar surface area (TPSA) is 26.7 Å². The van der Waals surface area contributed by atoms with Gasteiger partial charge in [0.15, 0.2) is 0 Å². The Labute approximate surface area is 135 Å². The van der Waals surface area contributed by atoms with E-state index in [0.29, 0.717) is 18.5 Å². The molecule has 0 spiro atoms. The molecule has 2 aliphatic heterocycles. The number of β-amino-alcohol motifs (C(OH)–C–C–N with tert-alkyl or cyclic N) is 1. The van der Waals surface area contributed by atoms with E-state index < -0.39 is 6.17 Å². The Morgan fingerprint density at radius 1 is 1.00 bits per heavy atom. The van der Waals surface area contributed by atoms with Gasteiger partial charge in [0.25, 0.3) is 0 Å². The number of allylic oxidation sites excluding steroid dienone is 1. The van der Waals surface area contributed by atoms with E-state index in [-0.39, 0.29) is 6.10 Å². The van der Waals surface area contributed by atoms with Crippen molar-refractivity contribution < 1.29 is 9.50 Å². The maximum absolute atomic E-state index is 12.8. The van der Waals surface area contributed by atoms with Gasteiger partial charge in [-0.1, -0.05) is 24.3 Å². The third-order valence-electron chi connectivity index (χ3n) is 4.20. The molecule has 2 rings (SSSR count). The summed E-state index contributed by atoms with van der Waals surface area (Å²) < 4.78 is 12.8. The van der Waals surface area contributed by atoms with Crippen LogP contribution in [0.1, 0.15) is 40.5 Å². The average Bonchev–Trinajstić information content (AvgIpc) is 2.79. The van der Waals surface area contributed by atoms with Crippen molar-refractivity contribution in [3.05, 3.63) is 24.3 Å². The summed E-state index contributed by atoms with van der Waals surface area (Å²) in [5.41, 5.74) is 0. The number of aliphatic hydroxyl groups excluding tert-OH is 1. The molecule has 22 heavy (non-hydrogen) atoms. The monoisotopic (exact) mass is 312 g/mol. The second kappa shape index (κ2) is 10.1. The fourth-order valence-corrected chi connectivity index (χ4v) is 2.64. The first-order valence-corrected chi connectivity index (χ1v) is 8.53. The Kier molecular flexibility index (Phi) is 8.91. The molecular formula is C18H33FN2O. The molecule has 4 heteroatoms. The van der Waals surface area contributed by atoms with Gasteiger partial charge in [0, 0.05) is 38.3 Å². The van der Waals surface area contributed by atoms with E-state index in [0.717, 1.165) is 32.6 Å². The van der Waals surface area contributed by atoms with Crippen LogP contribution >= 0.6 is 0 Å². The maximum Gasteiger partial charge on any atom is 0.120 e. The Morgan fingerprint density at radius 2 is 1.68 bits per heavy atom. The first kappa shape index (κ1) is 19.3. The van der Waals surface area contributed by atoms with E-state index in [1.165, 1.54) is 0 Å². The van der Waals surface area contributed by atoms with Crippen LogP contribution in [0.2, 0.25) is 0 Å². The summed E-state index contributed by atoms with van der Waals surface area (Å²) in [4.78, 5) is 4.57. The predicted octanol–water partition coefficient (Wildman–Crippen LogP) is 3.01. The van der Waals surface area contributed by atoms with Gasteiger partial charge in [0.1, 0.15) is 6.17 Å². The molecule has 2 unspecified atom stereocenters. The minimum absolute atomic E-state index is 0.264. The van der Waals surface area contributed by atoms with Crippen molar-refractivity contribution in [1.29, 1.82) is 0 Å². The minimum Gasteiger partial charge on any atom is -0.388 e. The highest BCUT2D eigenvalue weighted by Gasteiger charge is 2.14. The number of nitrogens with zero attached hydrogens (tertiary/aromatic N) is 2. The second-order valence-corrected chi connectivity index (χ2v) is 6.69. The highest BCUT2D eigenvalue weighted by molar-refractivity contribution is 4.95. The summed E-state index contributed by atoms with van der Waals surface area (Å²) >= 11 is 0. The highest BCUT2D eigenvalue weighted by Crippen LogP contribution is 2.09. The van der Waals surface area contributed by atoms with Gasteiger partial charge in [-0.05, 0) is 40.5 Å². The van der Waals surface area contributed by atoms with E-state index in [4.69, 9.17) is 0 Å². The molecule has 0 aromatic rings. The Balaban J connectivity index is 0.000000220. The van der Waals surface area contributed by atoms with Crippen molar-refractivity contribution in [1.82, 2.24) is 9.80 Å². The fourth-order valence-electron chi connectivity index (χ4n) is 2.64. The molecule has 2 aliphatic rings. The van der Waals surface area contributed by atoms with E-state index in [2.05, 4.69) is 43.6 Å². The molecule has 0 aromatic carbocycles. The third kappa shape index (κ3) is 7.52. The smallest absolute Gasteiger partial charge is 0.120 e. The minimum atomic E-state index is -0.723.